The number of nitrogens with one attached hydrogen (secondary N) is 1. The molecule has 1 N–H and O–H groups in total. The van der Waals surface area contributed by atoms with E-state index in [4.69, 9.17) is 4.74 Å². The van der Waals surface area contributed by atoms with Gasteiger partial charge in [-0.3, -0.25) is 4.79 Å². The second-order valence-corrected chi connectivity index (χ2v) is 4.94. The van der Waals surface area contributed by atoms with Crippen LogP contribution in [0.3, 0.4) is 0 Å². The second-order valence-electron chi connectivity index (χ2n) is 4.94. The summed E-state index contributed by atoms with van der Waals surface area (Å²) in [6, 6.07) is 7.91. The Morgan fingerprint density at radius 2 is 1.95 bits per heavy atom. The lowest BCUT2D eigenvalue weighted by Gasteiger charge is -2.12. The van der Waals surface area contributed by atoms with Crippen molar-refractivity contribution in [3.05, 3.63) is 29.8 Å². The van der Waals surface area contributed by atoms with E-state index in [9.17, 15) is 4.79 Å². The molecule has 0 aromatic heterocycles. The Morgan fingerprint density at radius 1 is 1.26 bits per heavy atom. The Hall–Kier alpha value is -1.51. The van der Waals surface area contributed by atoms with E-state index in [1.165, 1.54) is 18.4 Å². The Labute approximate surface area is 116 Å². The molecule has 0 aliphatic heterocycles. The molecule has 1 aromatic rings. The first-order chi connectivity index (χ1) is 9.17. The average molecular weight is 263 g/mol. The van der Waals surface area contributed by atoms with Gasteiger partial charge in [0.05, 0.1) is 7.11 Å². The fraction of sp³-hybridized carbons (Fsp3) is 0.562. The first-order valence-corrected chi connectivity index (χ1v) is 7.08. The number of methoxy groups -OCH3 is 1. The molecule has 0 aliphatic carbocycles. The number of amides is 1. The zero-order valence-corrected chi connectivity index (χ0v) is 12.2. The molecule has 1 rings (SSSR count). The van der Waals surface area contributed by atoms with Gasteiger partial charge in [-0.15, -0.1) is 0 Å². The third-order valence-electron chi connectivity index (χ3n) is 3.28. The zero-order valence-electron chi connectivity index (χ0n) is 12.2. The van der Waals surface area contributed by atoms with E-state index in [0.717, 1.165) is 18.7 Å². The van der Waals surface area contributed by atoms with E-state index in [1.807, 2.05) is 24.3 Å². The molecule has 0 saturated heterocycles. The number of benzene rings is 1. The highest BCUT2D eigenvalue weighted by atomic mass is 16.5. The number of rotatable bonds is 8. The predicted octanol–water partition coefficient (Wildman–Crippen LogP) is 3.50. The maximum atomic E-state index is 11.8. The molecule has 0 saturated carbocycles. The molecule has 106 valence electrons. The molecular formula is C16H25NO2. The van der Waals surface area contributed by atoms with E-state index >= 15 is 0 Å². The molecule has 1 unspecified atom stereocenters. The number of hydrogen-bond acceptors (Lipinski definition) is 2. The Kier molecular flexibility index (Phi) is 7.01. The van der Waals surface area contributed by atoms with Crippen molar-refractivity contribution in [1.29, 1.82) is 0 Å². The highest BCUT2D eigenvalue weighted by Crippen LogP contribution is 2.21. The van der Waals surface area contributed by atoms with Crippen LogP contribution in [0.5, 0.6) is 5.75 Å². The summed E-state index contributed by atoms with van der Waals surface area (Å²) in [6.07, 6.45) is 3.96. The van der Waals surface area contributed by atoms with Gasteiger partial charge < -0.3 is 10.1 Å². The maximum absolute atomic E-state index is 11.8. The third kappa shape index (κ3) is 5.77. The van der Waals surface area contributed by atoms with Gasteiger partial charge >= 0.3 is 0 Å². The first kappa shape index (κ1) is 15.5. The summed E-state index contributed by atoms with van der Waals surface area (Å²) in [5.74, 6) is 1.22. The molecule has 3 heteroatoms. The molecule has 1 aromatic carbocycles. The number of ether oxygens (including phenoxy) is 1. The topological polar surface area (TPSA) is 38.3 Å². The van der Waals surface area contributed by atoms with Crippen LogP contribution in [0, 0.1) is 0 Å². The minimum Gasteiger partial charge on any atom is -0.497 e. The third-order valence-corrected chi connectivity index (χ3v) is 3.28. The summed E-state index contributed by atoms with van der Waals surface area (Å²) in [5.41, 5.74) is 1.17. The summed E-state index contributed by atoms with van der Waals surface area (Å²) in [5, 5.41) is 2.98. The Bertz CT molecular complexity index is 373. The van der Waals surface area contributed by atoms with Gasteiger partial charge in [0.15, 0.2) is 0 Å². The summed E-state index contributed by atoms with van der Waals surface area (Å²) in [7, 11) is 1.65. The molecule has 3 nitrogen and oxygen atoms in total. The molecule has 0 spiro atoms. The maximum Gasteiger partial charge on any atom is 0.220 e. The molecule has 0 aliphatic rings. The average Bonchev–Trinajstić information content (AvgIpc) is 2.43. The lowest BCUT2D eigenvalue weighted by molar-refractivity contribution is -0.121. The van der Waals surface area contributed by atoms with Crippen LogP contribution in [0.4, 0.5) is 0 Å². The summed E-state index contributed by atoms with van der Waals surface area (Å²) < 4.78 is 5.13. The lowest BCUT2D eigenvalue weighted by Crippen LogP contribution is -2.25. The zero-order chi connectivity index (χ0) is 14.1. The van der Waals surface area contributed by atoms with Crippen molar-refractivity contribution in [3.8, 4) is 5.75 Å². The standard InChI is InChI=1S/C16H25NO2/c1-4-5-6-11-17-16(18)12-13(2)14-7-9-15(19-3)10-8-14/h7-10,13H,4-6,11-12H2,1-3H3,(H,17,18). The SMILES string of the molecule is CCCCCNC(=O)CC(C)c1ccc(OC)cc1. The van der Waals surface area contributed by atoms with Crippen LogP contribution in [-0.4, -0.2) is 19.6 Å². The van der Waals surface area contributed by atoms with E-state index in [1.54, 1.807) is 7.11 Å². The van der Waals surface area contributed by atoms with Gasteiger partial charge in [-0.05, 0) is 30.0 Å². The van der Waals surface area contributed by atoms with Crippen molar-refractivity contribution < 1.29 is 9.53 Å². The number of carbonyl (C=O) groups excluding carboxylic acids is 1. The van der Waals surface area contributed by atoms with Crippen LogP contribution < -0.4 is 10.1 Å². The van der Waals surface area contributed by atoms with E-state index in [2.05, 4.69) is 19.2 Å². The minimum atomic E-state index is 0.138. The van der Waals surface area contributed by atoms with Gasteiger partial charge in [0.25, 0.3) is 0 Å². The summed E-state index contributed by atoms with van der Waals surface area (Å²) >= 11 is 0. The molecule has 0 bridgehead atoms. The molecule has 0 radical (unpaired) electrons. The lowest BCUT2D eigenvalue weighted by atomic mass is 9.97. The van der Waals surface area contributed by atoms with Crippen molar-refractivity contribution in [2.45, 2.75) is 45.4 Å². The van der Waals surface area contributed by atoms with Crippen molar-refractivity contribution in [2.24, 2.45) is 0 Å². The normalized spacial score (nSPS) is 11.9. The Balaban J connectivity index is 2.36. The minimum absolute atomic E-state index is 0.138. The van der Waals surface area contributed by atoms with Crippen molar-refractivity contribution >= 4 is 5.91 Å². The van der Waals surface area contributed by atoms with Crippen LogP contribution in [0.15, 0.2) is 24.3 Å². The number of unbranched alkanes of at least 4 members (excludes halogenated alkanes) is 2. The number of carbonyl (C=O) groups is 1. The van der Waals surface area contributed by atoms with Gasteiger partial charge in [-0.25, -0.2) is 0 Å². The summed E-state index contributed by atoms with van der Waals surface area (Å²) in [4.78, 5) is 11.8. The van der Waals surface area contributed by atoms with Crippen molar-refractivity contribution in [2.75, 3.05) is 13.7 Å². The summed E-state index contributed by atoms with van der Waals surface area (Å²) in [6.45, 7) is 5.03. The van der Waals surface area contributed by atoms with Crippen molar-refractivity contribution in [3.63, 3.8) is 0 Å². The monoisotopic (exact) mass is 263 g/mol. The quantitative estimate of drug-likeness (QED) is 0.729. The molecule has 1 amide bonds. The fourth-order valence-electron chi connectivity index (χ4n) is 2.00. The molecule has 0 fully saturated rings. The van der Waals surface area contributed by atoms with Crippen LogP contribution in [0.1, 0.15) is 51.0 Å². The first-order valence-electron chi connectivity index (χ1n) is 7.08. The molecular weight excluding hydrogens is 238 g/mol. The highest BCUT2D eigenvalue weighted by molar-refractivity contribution is 5.76. The van der Waals surface area contributed by atoms with Gasteiger partial charge in [-0.2, -0.15) is 0 Å². The van der Waals surface area contributed by atoms with Gasteiger partial charge in [0, 0.05) is 13.0 Å². The van der Waals surface area contributed by atoms with Gasteiger partial charge in [0.2, 0.25) is 5.91 Å². The largest absolute Gasteiger partial charge is 0.497 e. The smallest absolute Gasteiger partial charge is 0.220 e. The van der Waals surface area contributed by atoms with E-state index < -0.39 is 0 Å². The van der Waals surface area contributed by atoms with Gasteiger partial charge in [-0.1, -0.05) is 38.8 Å². The molecule has 1 atom stereocenters. The van der Waals surface area contributed by atoms with Crippen LogP contribution >= 0.6 is 0 Å². The van der Waals surface area contributed by atoms with Crippen LogP contribution in [0.25, 0.3) is 0 Å². The van der Waals surface area contributed by atoms with Crippen LogP contribution in [0.2, 0.25) is 0 Å². The highest BCUT2D eigenvalue weighted by Gasteiger charge is 2.10. The fourth-order valence-corrected chi connectivity index (χ4v) is 2.00. The Morgan fingerprint density at radius 3 is 2.53 bits per heavy atom. The van der Waals surface area contributed by atoms with Crippen molar-refractivity contribution in [1.82, 2.24) is 5.32 Å². The van der Waals surface area contributed by atoms with E-state index in [-0.39, 0.29) is 11.8 Å². The predicted molar refractivity (Wildman–Crippen MR) is 78.6 cm³/mol. The molecule has 19 heavy (non-hydrogen) atoms. The van der Waals surface area contributed by atoms with Gasteiger partial charge in [0.1, 0.15) is 5.75 Å². The second kappa shape index (κ2) is 8.57. The number of hydrogen-bond donors (Lipinski definition) is 1. The van der Waals surface area contributed by atoms with E-state index in [0.29, 0.717) is 6.42 Å². The molecule has 0 heterocycles. The van der Waals surface area contributed by atoms with Crippen LogP contribution in [-0.2, 0) is 4.79 Å².